The number of rotatable bonds is 8. The topological polar surface area (TPSA) is 76.7 Å². The van der Waals surface area contributed by atoms with Gasteiger partial charge in [0, 0.05) is 17.1 Å². The molecular formula is C23H23Cl2F3N2O4. The number of alkyl halides is 3. The van der Waals surface area contributed by atoms with Gasteiger partial charge in [0.25, 0.3) is 11.8 Å². The summed E-state index contributed by atoms with van der Waals surface area (Å²) in [5.74, 6) is -0.232. The van der Waals surface area contributed by atoms with Crippen LogP contribution in [-0.2, 0) is 15.8 Å². The van der Waals surface area contributed by atoms with E-state index in [4.69, 9.17) is 32.7 Å². The fourth-order valence-electron chi connectivity index (χ4n) is 3.56. The quantitative estimate of drug-likeness (QED) is 0.514. The third kappa shape index (κ3) is 7.99. The Labute approximate surface area is 204 Å². The molecule has 34 heavy (non-hydrogen) atoms. The molecular weight excluding hydrogens is 496 g/mol. The molecule has 184 valence electrons. The van der Waals surface area contributed by atoms with Crippen LogP contribution in [0.3, 0.4) is 0 Å². The van der Waals surface area contributed by atoms with E-state index in [0.717, 1.165) is 12.1 Å². The minimum Gasteiger partial charge on any atom is -0.484 e. The van der Waals surface area contributed by atoms with Crippen molar-refractivity contribution in [3.8, 4) is 11.5 Å². The highest BCUT2D eigenvalue weighted by Crippen LogP contribution is 2.36. The molecule has 1 aliphatic carbocycles. The summed E-state index contributed by atoms with van der Waals surface area (Å²) in [5, 5.41) is 5.86. The van der Waals surface area contributed by atoms with Gasteiger partial charge in [-0.1, -0.05) is 23.2 Å². The molecule has 0 saturated heterocycles. The number of hydrogen-bond acceptors (Lipinski definition) is 4. The number of carbonyl (C=O) groups excluding carboxylic acids is 2. The average Bonchev–Trinajstić information content (AvgIpc) is 2.79. The molecule has 2 aromatic rings. The van der Waals surface area contributed by atoms with E-state index in [1.165, 1.54) is 6.07 Å². The number of hydrogen-bond donors (Lipinski definition) is 2. The van der Waals surface area contributed by atoms with Crippen molar-refractivity contribution in [3.63, 3.8) is 0 Å². The van der Waals surface area contributed by atoms with Gasteiger partial charge in [-0.25, -0.2) is 0 Å². The SMILES string of the molecule is O=C(COc1ccc(Cl)cc1)N[C@H]1CC[C@H](NC(=O)COc2ccc(Cl)c(C(F)(F)F)c2)CC1. The first-order valence-corrected chi connectivity index (χ1v) is 11.3. The number of ether oxygens (including phenoxy) is 2. The molecule has 0 atom stereocenters. The Kier molecular flexibility index (Phi) is 8.90. The fourth-order valence-corrected chi connectivity index (χ4v) is 3.91. The molecule has 2 N–H and O–H groups in total. The van der Waals surface area contributed by atoms with Gasteiger partial charge >= 0.3 is 6.18 Å². The van der Waals surface area contributed by atoms with Gasteiger partial charge in [0.1, 0.15) is 11.5 Å². The van der Waals surface area contributed by atoms with Crippen LogP contribution in [0, 0.1) is 0 Å². The zero-order chi connectivity index (χ0) is 24.7. The first-order chi connectivity index (χ1) is 16.1. The zero-order valence-corrected chi connectivity index (χ0v) is 19.5. The van der Waals surface area contributed by atoms with Crippen LogP contribution in [0.5, 0.6) is 11.5 Å². The summed E-state index contributed by atoms with van der Waals surface area (Å²) in [6, 6.07) is 9.68. The second kappa shape index (κ2) is 11.7. The van der Waals surface area contributed by atoms with Crippen LogP contribution in [0.4, 0.5) is 13.2 Å². The number of nitrogens with one attached hydrogen (secondary N) is 2. The lowest BCUT2D eigenvalue weighted by Gasteiger charge is -2.29. The molecule has 1 fully saturated rings. The summed E-state index contributed by atoms with van der Waals surface area (Å²) in [6.07, 6.45) is -1.98. The van der Waals surface area contributed by atoms with Crippen molar-refractivity contribution >= 4 is 35.0 Å². The lowest BCUT2D eigenvalue weighted by Crippen LogP contribution is -2.45. The van der Waals surface area contributed by atoms with Crippen molar-refractivity contribution in [1.82, 2.24) is 10.6 Å². The van der Waals surface area contributed by atoms with Crippen LogP contribution in [-0.4, -0.2) is 37.1 Å². The molecule has 1 aliphatic rings. The van der Waals surface area contributed by atoms with Crippen molar-refractivity contribution in [2.24, 2.45) is 0 Å². The van der Waals surface area contributed by atoms with Crippen molar-refractivity contribution in [1.29, 1.82) is 0 Å². The fraction of sp³-hybridized carbons (Fsp3) is 0.391. The average molecular weight is 519 g/mol. The van der Waals surface area contributed by atoms with Crippen molar-refractivity contribution in [3.05, 3.63) is 58.1 Å². The van der Waals surface area contributed by atoms with Crippen molar-refractivity contribution < 1.29 is 32.2 Å². The largest absolute Gasteiger partial charge is 0.484 e. The van der Waals surface area contributed by atoms with Crippen molar-refractivity contribution in [2.45, 2.75) is 43.9 Å². The van der Waals surface area contributed by atoms with Gasteiger partial charge in [-0.2, -0.15) is 13.2 Å². The van der Waals surface area contributed by atoms with Gasteiger partial charge in [0.2, 0.25) is 0 Å². The Morgan fingerprint density at radius 1 is 0.824 bits per heavy atom. The Balaban J connectivity index is 1.35. The zero-order valence-electron chi connectivity index (χ0n) is 18.0. The summed E-state index contributed by atoms with van der Waals surface area (Å²) in [5.41, 5.74) is -1.02. The van der Waals surface area contributed by atoms with E-state index < -0.39 is 29.3 Å². The first-order valence-electron chi connectivity index (χ1n) is 10.6. The van der Waals surface area contributed by atoms with Gasteiger partial charge in [-0.15, -0.1) is 0 Å². The normalized spacial score (nSPS) is 18.1. The Bertz CT molecular complexity index is 995. The Hall–Kier alpha value is -2.65. The Morgan fingerprint density at radius 3 is 1.79 bits per heavy atom. The van der Waals surface area contributed by atoms with Crippen LogP contribution in [0.2, 0.25) is 10.0 Å². The number of carbonyl (C=O) groups is 2. The third-order valence-electron chi connectivity index (χ3n) is 5.25. The van der Waals surface area contributed by atoms with E-state index in [9.17, 15) is 22.8 Å². The highest BCUT2D eigenvalue weighted by atomic mass is 35.5. The number of amides is 2. The number of halogens is 5. The predicted octanol–water partition coefficient (Wildman–Crippen LogP) is 5.01. The van der Waals surface area contributed by atoms with E-state index in [2.05, 4.69) is 10.6 Å². The monoisotopic (exact) mass is 518 g/mol. The van der Waals surface area contributed by atoms with Crippen molar-refractivity contribution in [2.75, 3.05) is 13.2 Å². The molecule has 0 aromatic heterocycles. The van der Waals surface area contributed by atoms with Gasteiger partial charge in [-0.3, -0.25) is 9.59 Å². The molecule has 0 aliphatic heterocycles. The Morgan fingerprint density at radius 2 is 1.29 bits per heavy atom. The highest BCUT2D eigenvalue weighted by Gasteiger charge is 2.33. The highest BCUT2D eigenvalue weighted by molar-refractivity contribution is 6.31. The second-order valence-corrected chi connectivity index (χ2v) is 8.70. The molecule has 2 aromatic carbocycles. The summed E-state index contributed by atoms with van der Waals surface area (Å²) in [6.45, 7) is -0.534. The van der Waals surface area contributed by atoms with Crippen LogP contribution in [0.25, 0.3) is 0 Å². The molecule has 6 nitrogen and oxygen atoms in total. The smallest absolute Gasteiger partial charge is 0.417 e. The lowest BCUT2D eigenvalue weighted by atomic mass is 9.91. The maximum absolute atomic E-state index is 12.9. The molecule has 1 saturated carbocycles. The minimum absolute atomic E-state index is 0.0272. The summed E-state index contributed by atoms with van der Waals surface area (Å²) in [4.78, 5) is 24.3. The van der Waals surface area contributed by atoms with Crippen LogP contribution in [0.1, 0.15) is 31.2 Å². The summed E-state index contributed by atoms with van der Waals surface area (Å²) >= 11 is 11.4. The van der Waals surface area contributed by atoms with E-state index in [-0.39, 0.29) is 30.3 Å². The van der Waals surface area contributed by atoms with Gasteiger partial charge in [0.15, 0.2) is 13.2 Å². The van der Waals surface area contributed by atoms with Gasteiger partial charge in [0.05, 0.1) is 10.6 Å². The molecule has 2 amide bonds. The maximum Gasteiger partial charge on any atom is 0.417 e. The molecule has 0 spiro atoms. The molecule has 0 bridgehead atoms. The van der Waals surface area contributed by atoms with Crippen LogP contribution < -0.4 is 20.1 Å². The predicted molar refractivity (Wildman–Crippen MR) is 121 cm³/mol. The summed E-state index contributed by atoms with van der Waals surface area (Å²) in [7, 11) is 0. The lowest BCUT2D eigenvalue weighted by molar-refractivity contribution is -0.137. The third-order valence-corrected chi connectivity index (χ3v) is 5.84. The van der Waals surface area contributed by atoms with Gasteiger partial charge in [-0.05, 0) is 68.1 Å². The maximum atomic E-state index is 12.9. The van der Waals surface area contributed by atoms with E-state index in [0.29, 0.717) is 36.5 Å². The molecule has 0 radical (unpaired) electrons. The molecule has 0 unspecified atom stereocenters. The number of benzene rings is 2. The minimum atomic E-state index is -4.62. The summed E-state index contributed by atoms with van der Waals surface area (Å²) < 4.78 is 49.4. The molecule has 0 heterocycles. The van der Waals surface area contributed by atoms with Crippen LogP contribution in [0.15, 0.2) is 42.5 Å². The molecule has 3 rings (SSSR count). The van der Waals surface area contributed by atoms with E-state index in [1.54, 1.807) is 24.3 Å². The van der Waals surface area contributed by atoms with Crippen LogP contribution >= 0.6 is 23.2 Å². The first kappa shape index (κ1) is 26.0. The van der Waals surface area contributed by atoms with Gasteiger partial charge < -0.3 is 20.1 Å². The second-order valence-electron chi connectivity index (χ2n) is 7.85. The standard InChI is InChI=1S/C23H23Cl2F3N2O4/c24-14-1-7-17(8-2-14)33-12-21(31)29-15-3-5-16(6-4-15)30-22(32)13-34-18-9-10-20(25)19(11-18)23(26,27)28/h1-2,7-11,15-16H,3-6,12-13H2,(H,29,31)(H,30,32)/t15-,16-. The van der Waals surface area contributed by atoms with E-state index in [1.807, 2.05) is 0 Å². The molecule has 11 heteroatoms. The van der Waals surface area contributed by atoms with E-state index >= 15 is 0 Å².